The number of hydrogen-bond donors (Lipinski definition) is 1. The maximum atomic E-state index is 3.56. The van der Waals surface area contributed by atoms with Crippen LogP contribution in [0.1, 0.15) is 58.3 Å². The molecule has 1 N–H and O–H groups in total. The minimum atomic E-state index is 1.18. The lowest BCUT2D eigenvalue weighted by Gasteiger charge is -2.24. The van der Waals surface area contributed by atoms with Gasteiger partial charge in [0.2, 0.25) is 0 Å². The first-order chi connectivity index (χ1) is 7.93. The molecule has 0 spiro atoms. The molecular weight excluding hydrogens is 196 g/mol. The molecule has 16 heavy (non-hydrogen) atoms. The molecule has 0 saturated carbocycles. The minimum absolute atomic E-state index is 1.18. The molecule has 0 radical (unpaired) electrons. The van der Waals surface area contributed by atoms with Gasteiger partial charge in [0.15, 0.2) is 0 Å². The SMILES string of the molecule is CCCCCNCCN1CCCCCCC1. The second-order valence-electron chi connectivity index (χ2n) is 5.07. The van der Waals surface area contributed by atoms with Crippen molar-refractivity contribution in [3.05, 3.63) is 0 Å². The molecule has 1 aliphatic rings. The van der Waals surface area contributed by atoms with Crippen LogP contribution in [0.15, 0.2) is 0 Å². The summed E-state index contributed by atoms with van der Waals surface area (Å²) in [7, 11) is 0. The van der Waals surface area contributed by atoms with Crippen LogP contribution >= 0.6 is 0 Å². The predicted molar refractivity (Wildman–Crippen MR) is 71.9 cm³/mol. The van der Waals surface area contributed by atoms with Gasteiger partial charge in [-0.2, -0.15) is 0 Å². The highest BCUT2D eigenvalue weighted by molar-refractivity contribution is 4.63. The van der Waals surface area contributed by atoms with E-state index in [0.717, 1.165) is 0 Å². The van der Waals surface area contributed by atoms with Gasteiger partial charge in [-0.3, -0.25) is 0 Å². The highest BCUT2D eigenvalue weighted by atomic mass is 15.1. The normalized spacial score (nSPS) is 19.3. The van der Waals surface area contributed by atoms with Crippen LogP contribution in [0.4, 0.5) is 0 Å². The Morgan fingerprint density at radius 3 is 2.25 bits per heavy atom. The van der Waals surface area contributed by atoms with Gasteiger partial charge in [-0.25, -0.2) is 0 Å². The average molecular weight is 226 g/mol. The van der Waals surface area contributed by atoms with Crippen LogP contribution in [0.2, 0.25) is 0 Å². The van der Waals surface area contributed by atoms with Crippen LogP contribution < -0.4 is 5.32 Å². The quantitative estimate of drug-likeness (QED) is 0.671. The van der Waals surface area contributed by atoms with E-state index in [1.807, 2.05) is 0 Å². The maximum absolute atomic E-state index is 3.56. The van der Waals surface area contributed by atoms with Gasteiger partial charge in [0.1, 0.15) is 0 Å². The third-order valence-corrected chi connectivity index (χ3v) is 3.51. The van der Waals surface area contributed by atoms with Gasteiger partial charge in [-0.1, -0.05) is 39.0 Å². The number of nitrogens with one attached hydrogen (secondary N) is 1. The van der Waals surface area contributed by atoms with Crippen molar-refractivity contribution in [2.45, 2.75) is 58.3 Å². The fourth-order valence-electron chi connectivity index (χ4n) is 2.40. The van der Waals surface area contributed by atoms with E-state index in [4.69, 9.17) is 0 Å². The topological polar surface area (TPSA) is 15.3 Å². The molecule has 0 aromatic heterocycles. The minimum Gasteiger partial charge on any atom is -0.315 e. The van der Waals surface area contributed by atoms with Gasteiger partial charge in [0.05, 0.1) is 0 Å². The lowest BCUT2D eigenvalue weighted by atomic mass is 10.1. The van der Waals surface area contributed by atoms with Crippen molar-refractivity contribution in [2.75, 3.05) is 32.7 Å². The van der Waals surface area contributed by atoms with Crippen LogP contribution in [0.5, 0.6) is 0 Å². The molecule has 0 aromatic carbocycles. The smallest absolute Gasteiger partial charge is 0.0107 e. The molecular formula is C14H30N2. The average Bonchev–Trinajstić information content (AvgIpc) is 2.25. The first kappa shape index (κ1) is 14.0. The van der Waals surface area contributed by atoms with E-state index in [-0.39, 0.29) is 0 Å². The van der Waals surface area contributed by atoms with Gasteiger partial charge in [0.25, 0.3) is 0 Å². The standard InChI is InChI=1S/C14H30N2/c1-2-3-7-10-15-11-14-16-12-8-5-4-6-9-13-16/h15H,2-14H2,1H3. The Bertz CT molecular complexity index is 140. The molecule has 1 heterocycles. The van der Waals surface area contributed by atoms with Crippen molar-refractivity contribution in [1.29, 1.82) is 0 Å². The van der Waals surface area contributed by atoms with Crippen molar-refractivity contribution in [1.82, 2.24) is 10.2 Å². The van der Waals surface area contributed by atoms with E-state index in [1.54, 1.807) is 0 Å². The molecule has 0 bridgehead atoms. The molecule has 1 saturated heterocycles. The zero-order valence-electron chi connectivity index (χ0n) is 11.1. The third-order valence-electron chi connectivity index (χ3n) is 3.51. The van der Waals surface area contributed by atoms with Crippen molar-refractivity contribution in [3.63, 3.8) is 0 Å². The van der Waals surface area contributed by atoms with Crippen molar-refractivity contribution >= 4 is 0 Å². The van der Waals surface area contributed by atoms with Gasteiger partial charge >= 0.3 is 0 Å². The zero-order chi connectivity index (χ0) is 11.5. The van der Waals surface area contributed by atoms with Gasteiger partial charge in [-0.15, -0.1) is 0 Å². The number of hydrogen-bond acceptors (Lipinski definition) is 2. The first-order valence-electron chi connectivity index (χ1n) is 7.36. The lowest BCUT2D eigenvalue weighted by molar-refractivity contribution is 0.247. The fourth-order valence-corrected chi connectivity index (χ4v) is 2.40. The molecule has 96 valence electrons. The number of likely N-dealkylation sites (tertiary alicyclic amines) is 1. The Morgan fingerprint density at radius 1 is 0.875 bits per heavy atom. The molecule has 0 aromatic rings. The monoisotopic (exact) mass is 226 g/mol. The summed E-state index contributed by atoms with van der Waals surface area (Å²) in [6.07, 6.45) is 11.2. The van der Waals surface area contributed by atoms with Crippen LogP contribution in [-0.2, 0) is 0 Å². The Labute approximate surface area is 102 Å². The number of nitrogens with zero attached hydrogens (tertiary/aromatic N) is 1. The van der Waals surface area contributed by atoms with E-state index >= 15 is 0 Å². The zero-order valence-corrected chi connectivity index (χ0v) is 11.1. The molecule has 0 aliphatic carbocycles. The van der Waals surface area contributed by atoms with Gasteiger partial charge < -0.3 is 10.2 Å². The Balaban J connectivity index is 1.93. The second kappa shape index (κ2) is 10.1. The van der Waals surface area contributed by atoms with Crippen molar-refractivity contribution < 1.29 is 0 Å². The summed E-state index contributed by atoms with van der Waals surface area (Å²) in [6.45, 7) is 8.57. The van der Waals surface area contributed by atoms with Crippen molar-refractivity contribution in [2.24, 2.45) is 0 Å². The molecule has 0 amide bonds. The highest BCUT2D eigenvalue weighted by Crippen LogP contribution is 2.09. The number of rotatable bonds is 7. The van der Waals surface area contributed by atoms with Crippen LogP contribution in [-0.4, -0.2) is 37.6 Å². The van der Waals surface area contributed by atoms with Crippen LogP contribution in [0, 0.1) is 0 Å². The molecule has 1 aliphatic heterocycles. The van der Waals surface area contributed by atoms with Crippen LogP contribution in [0.25, 0.3) is 0 Å². The molecule has 2 nitrogen and oxygen atoms in total. The van der Waals surface area contributed by atoms with Gasteiger partial charge in [-0.05, 0) is 38.9 Å². The summed E-state index contributed by atoms with van der Waals surface area (Å²) in [6, 6.07) is 0. The second-order valence-corrected chi connectivity index (χ2v) is 5.07. The first-order valence-corrected chi connectivity index (χ1v) is 7.36. The molecule has 1 rings (SSSR count). The molecule has 0 unspecified atom stereocenters. The highest BCUT2D eigenvalue weighted by Gasteiger charge is 2.06. The molecule has 0 atom stereocenters. The molecule has 2 heteroatoms. The maximum Gasteiger partial charge on any atom is 0.0107 e. The predicted octanol–water partition coefficient (Wildman–Crippen LogP) is 3.03. The van der Waals surface area contributed by atoms with E-state index in [0.29, 0.717) is 0 Å². The summed E-state index contributed by atoms with van der Waals surface area (Å²) in [5.74, 6) is 0. The van der Waals surface area contributed by atoms with Crippen LogP contribution in [0.3, 0.4) is 0 Å². The lowest BCUT2D eigenvalue weighted by Crippen LogP contribution is -2.34. The summed E-state index contributed by atoms with van der Waals surface area (Å²) >= 11 is 0. The molecule has 1 fully saturated rings. The van der Waals surface area contributed by atoms with E-state index in [2.05, 4.69) is 17.1 Å². The largest absolute Gasteiger partial charge is 0.315 e. The summed E-state index contributed by atoms with van der Waals surface area (Å²) < 4.78 is 0. The fraction of sp³-hybridized carbons (Fsp3) is 1.00. The summed E-state index contributed by atoms with van der Waals surface area (Å²) in [5, 5.41) is 3.56. The Kier molecular flexibility index (Phi) is 8.83. The van der Waals surface area contributed by atoms with Crippen molar-refractivity contribution in [3.8, 4) is 0 Å². The Morgan fingerprint density at radius 2 is 1.56 bits per heavy atom. The third kappa shape index (κ3) is 7.24. The Hall–Kier alpha value is -0.0800. The van der Waals surface area contributed by atoms with Gasteiger partial charge in [0, 0.05) is 13.1 Å². The van der Waals surface area contributed by atoms with E-state index < -0.39 is 0 Å². The number of unbranched alkanes of at least 4 members (excludes halogenated alkanes) is 2. The summed E-state index contributed by atoms with van der Waals surface area (Å²) in [5.41, 5.74) is 0. The summed E-state index contributed by atoms with van der Waals surface area (Å²) in [4.78, 5) is 2.64. The van der Waals surface area contributed by atoms with E-state index in [9.17, 15) is 0 Å². The van der Waals surface area contributed by atoms with E-state index in [1.165, 1.54) is 84.1 Å².